The van der Waals surface area contributed by atoms with Gasteiger partial charge >= 0.3 is 0 Å². The Balaban J connectivity index is 1.56. The third kappa shape index (κ3) is 4.63. The van der Waals surface area contributed by atoms with Gasteiger partial charge in [-0.3, -0.25) is 14.9 Å². The fourth-order valence-corrected chi connectivity index (χ4v) is 2.28. The summed E-state index contributed by atoms with van der Waals surface area (Å²) in [5.41, 5.74) is 1.48. The molecule has 0 saturated carbocycles. The van der Waals surface area contributed by atoms with E-state index in [-0.39, 0.29) is 24.0 Å². The Labute approximate surface area is 148 Å². The van der Waals surface area contributed by atoms with Gasteiger partial charge in [0.25, 0.3) is 11.6 Å². The molecule has 26 heavy (non-hydrogen) atoms. The molecule has 1 N–H and O–H groups in total. The molecule has 132 valence electrons. The van der Waals surface area contributed by atoms with E-state index in [9.17, 15) is 14.9 Å². The minimum absolute atomic E-state index is 0.0938. The highest BCUT2D eigenvalue weighted by Crippen LogP contribution is 2.19. The third-order valence-electron chi connectivity index (χ3n) is 3.42. The molecule has 3 rings (SSSR count). The molecule has 1 aromatic heterocycles. The third-order valence-corrected chi connectivity index (χ3v) is 3.42. The zero-order chi connectivity index (χ0) is 18.4. The molecule has 9 heteroatoms. The summed E-state index contributed by atoms with van der Waals surface area (Å²) in [4.78, 5) is 26.1. The van der Waals surface area contributed by atoms with Crippen molar-refractivity contribution in [3.8, 4) is 5.75 Å². The monoisotopic (exact) mass is 353 g/mol. The number of nitro groups is 1. The van der Waals surface area contributed by atoms with Gasteiger partial charge in [-0.15, -0.1) is 0 Å². The highest BCUT2D eigenvalue weighted by atomic mass is 16.6. The van der Waals surface area contributed by atoms with E-state index in [2.05, 4.69) is 15.4 Å². The van der Waals surface area contributed by atoms with Gasteiger partial charge < -0.3 is 10.1 Å². The molecule has 3 aromatic rings. The SMILES string of the molecule is O=C(COc1cccc([N+](=O)[O-])c1)Nc1cccc(Cn2cncn2)c1. The largest absolute Gasteiger partial charge is 0.484 e. The number of nitro benzene ring substituents is 1. The number of nitrogens with zero attached hydrogens (tertiary/aromatic N) is 4. The van der Waals surface area contributed by atoms with E-state index < -0.39 is 4.92 Å². The molecule has 2 aromatic carbocycles. The molecule has 0 aliphatic carbocycles. The van der Waals surface area contributed by atoms with E-state index in [0.29, 0.717) is 12.2 Å². The summed E-state index contributed by atoms with van der Waals surface area (Å²) < 4.78 is 6.98. The van der Waals surface area contributed by atoms with Crippen molar-refractivity contribution in [2.45, 2.75) is 6.54 Å². The summed E-state index contributed by atoms with van der Waals surface area (Å²) in [5.74, 6) is -0.108. The molecule has 0 unspecified atom stereocenters. The van der Waals surface area contributed by atoms with Crippen molar-refractivity contribution in [2.24, 2.45) is 0 Å². The minimum atomic E-state index is -0.520. The number of carbonyl (C=O) groups excluding carboxylic acids is 1. The maximum atomic E-state index is 12.0. The standard InChI is InChI=1S/C17H15N5O4/c23-17(10-26-16-6-2-5-15(8-16)22(24)25)20-14-4-1-3-13(7-14)9-21-12-18-11-19-21/h1-8,11-12H,9-10H2,(H,20,23). The maximum absolute atomic E-state index is 12.0. The zero-order valence-electron chi connectivity index (χ0n) is 13.6. The van der Waals surface area contributed by atoms with E-state index in [4.69, 9.17) is 4.74 Å². The number of carbonyl (C=O) groups is 1. The first kappa shape index (κ1) is 17.1. The first-order chi connectivity index (χ1) is 12.6. The van der Waals surface area contributed by atoms with Gasteiger partial charge in [0.2, 0.25) is 0 Å². The number of anilines is 1. The van der Waals surface area contributed by atoms with Crippen LogP contribution >= 0.6 is 0 Å². The Hall–Kier alpha value is -3.75. The Morgan fingerprint density at radius 3 is 2.85 bits per heavy atom. The van der Waals surface area contributed by atoms with Gasteiger partial charge in [-0.2, -0.15) is 5.10 Å². The number of nitrogens with one attached hydrogen (secondary N) is 1. The Morgan fingerprint density at radius 1 is 1.23 bits per heavy atom. The van der Waals surface area contributed by atoms with Crippen LogP contribution in [0, 0.1) is 10.1 Å². The number of rotatable bonds is 7. The van der Waals surface area contributed by atoms with E-state index in [0.717, 1.165) is 5.56 Å². The average Bonchev–Trinajstić information content (AvgIpc) is 3.13. The number of aromatic nitrogens is 3. The van der Waals surface area contributed by atoms with Crippen molar-refractivity contribution < 1.29 is 14.5 Å². The summed E-state index contributed by atoms with van der Waals surface area (Å²) in [5, 5.41) is 17.5. The number of hydrogen-bond acceptors (Lipinski definition) is 6. The Bertz CT molecular complexity index is 911. The average molecular weight is 353 g/mol. The zero-order valence-corrected chi connectivity index (χ0v) is 13.6. The first-order valence-electron chi connectivity index (χ1n) is 7.68. The molecule has 0 aliphatic rings. The molecule has 0 fully saturated rings. The van der Waals surface area contributed by atoms with Gasteiger partial charge in [-0.1, -0.05) is 18.2 Å². The van der Waals surface area contributed by atoms with Gasteiger partial charge in [0, 0.05) is 11.8 Å². The van der Waals surface area contributed by atoms with Gasteiger partial charge in [0.1, 0.15) is 18.4 Å². The summed E-state index contributed by atoms with van der Waals surface area (Å²) in [7, 11) is 0. The van der Waals surface area contributed by atoms with Crippen LogP contribution < -0.4 is 10.1 Å². The molecule has 0 atom stereocenters. The van der Waals surface area contributed by atoms with Crippen LogP contribution in [0.15, 0.2) is 61.2 Å². The molecular weight excluding hydrogens is 338 g/mol. The van der Waals surface area contributed by atoms with Crippen LogP contribution in [0.1, 0.15) is 5.56 Å². The fourth-order valence-electron chi connectivity index (χ4n) is 2.28. The summed E-state index contributed by atoms with van der Waals surface area (Å²) in [6.45, 7) is 0.280. The van der Waals surface area contributed by atoms with Crippen LogP contribution in [0.25, 0.3) is 0 Å². The predicted octanol–water partition coefficient (Wildman–Crippen LogP) is 2.25. The maximum Gasteiger partial charge on any atom is 0.273 e. The smallest absolute Gasteiger partial charge is 0.273 e. The molecule has 9 nitrogen and oxygen atoms in total. The molecular formula is C17H15N5O4. The molecule has 1 amide bonds. The van der Waals surface area contributed by atoms with E-state index in [1.165, 1.54) is 24.5 Å². The molecule has 0 saturated heterocycles. The second-order valence-corrected chi connectivity index (χ2v) is 5.38. The van der Waals surface area contributed by atoms with Crippen molar-refractivity contribution in [3.63, 3.8) is 0 Å². The number of ether oxygens (including phenoxy) is 1. The molecule has 0 aliphatic heterocycles. The highest BCUT2D eigenvalue weighted by Gasteiger charge is 2.09. The van der Waals surface area contributed by atoms with Crippen LogP contribution in [0.3, 0.4) is 0 Å². The number of hydrogen-bond donors (Lipinski definition) is 1. The lowest BCUT2D eigenvalue weighted by atomic mass is 10.2. The highest BCUT2D eigenvalue weighted by molar-refractivity contribution is 5.91. The van der Waals surface area contributed by atoms with E-state index in [1.54, 1.807) is 23.1 Å². The van der Waals surface area contributed by atoms with Gasteiger partial charge in [0.15, 0.2) is 6.61 Å². The summed E-state index contributed by atoms with van der Waals surface area (Å²) in [6, 6.07) is 13.0. The predicted molar refractivity (Wildman–Crippen MR) is 92.8 cm³/mol. The normalized spacial score (nSPS) is 10.3. The van der Waals surface area contributed by atoms with Crippen molar-refractivity contribution in [2.75, 3.05) is 11.9 Å². The number of benzene rings is 2. The lowest BCUT2D eigenvalue weighted by Crippen LogP contribution is -2.20. The van der Waals surface area contributed by atoms with Crippen molar-refractivity contribution in [1.82, 2.24) is 14.8 Å². The molecule has 0 spiro atoms. The first-order valence-corrected chi connectivity index (χ1v) is 7.68. The number of amides is 1. The molecule has 0 bridgehead atoms. The molecule has 0 radical (unpaired) electrons. The van der Waals surface area contributed by atoms with Crippen molar-refractivity contribution in [3.05, 3.63) is 76.9 Å². The van der Waals surface area contributed by atoms with Gasteiger partial charge in [-0.25, -0.2) is 9.67 Å². The second kappa shape index (κ2) is 7.88. The van der Waals surface area contributed by atoms with E-state index in [1.807, 2.05) is 18.2 Å². The summed E-state index contributed by atoms with van der Waals surface area (Å²) >= 11 is 0. The van der Waals surface area contributed by atoms with Crippen LogP contribution in [0.2, 0.25) is 0 Å². The Morgan fingerprint density at radius 2 is 2.08 bits per heavy atom. The lowest BCUT2D eigenvalue weighted by Gasteiger charge is -2.09. The number of non-ortho nitro benzene ring substituents is 1. The van der Waals surface area contributed by atoms with Crippen LogP contribution in [-0.4, -0.2) is 32.2 Å². The van der Waals surface area contributed by atoms with Crippen LogP contribution in [0.4, 0.5) is 11.4 Å². The van der Waals surface area contributed by atoms with Gasteiger partial charge in [0.05, 0.1) is 17.5 Å². The van der Waals surface area contributed by atoms with Crippen LogP contribution in [0.5, 0.6) is 5.75 Å². The second-order valence-electron chi connectivity index (χ2n) is 5.38. The van der Waals surface area contributed by atoms with Crippen molar-refractivity contribution >= 4 is 17.3 Å². The van der Waals surface area contributed by atoms with Crippen LogP contribution in [-0.2, 0) is 11.3 Å². The minimum Gasteiger partial charge on any atom is -0.484 e. The molecule has 1 heterocycles. The Kier molecular flexibility index (Phi) is 5.18. The van der Waals surface area contributed by atoms with E-state index >= 15 is 0 Å². The quantitative estimate of drug-likeness (QED) is 0.515. The van der Waals surface area contributed by atoms with Gasteiger partial charge in [-0.05, 0) is 23.8 Å². The van der Waals surface area contributed by atoms with Crippen molar-refractivity contribution in [1.29, 1.82) is 0 Å². The summed E-state index contributed by atoms with van der Waals surface area (Å²) in [6.07, 6.45) is 3.06. The topological polar surface area (TPSA) is 112 Å². The fraction of sp³-hybridized carbons (Fsp3) is 0.118. The lowest BCUT2D eigenvalue weighted by molar-refractivity contribution is -0.384.